The van der Waals surface area contributed by atoms with E-state index in [1.54, 1.807) is 30.3 Å². The van der Waals surface area contributed by atoms with Crippen LogP contribution in [0.1, 0.15) is 26.5 Å². The fraction of sp³-hybridized carbons (Fsp3) is 0.0769. The Morgan fingerprint density at radius 2 is 1.65 bits per heavy atom. The van der Waals surface area contributed by atoms with Crippen LogP contribution in [0, 0.1) is 0 Å². The molecule has 1 aromatic carbocycles. The van der Waals surface area contributed by atoms with Gasteiger partial charge in [0, 0.05) is 5.56 Å². The van der Waals surface area contributed by atoms with Gasteiger partial charge in [-0.15, -0.1) is 0 Å². The smallest absolute Gasteiger partial charge is 0.354 e. The van der Waals surface area contributed by atoms with Gasteiger partial charge in [-0.1, -0.05) is 30.3 Å². The maximum atomic E-state index is 12.0. The molecule has 0 saturated carbocycles. The van der Waals surface area contributed by atoms with Gasteiger partial charge in [-0.3, -0.25) is 4.79 Å². The minimum Gasteiger partial charge on any atom is -0.464 e. The highest BCUT2D eigenvalue weighted by atomic mass is 16.5. The summed E-state index contributed by atoms with van der Waals surface area (Å²) in [4.78, 5) is 25.9. The molecule has 0 aliphatic heterocycles. The van der Waals surface area contributed by atoms with Crippen molar-refractivity contribution < 1.29 is 14.3 Å². The van der Waals surface area contributed by atoms with Gasteiger partial charge in [-0.2, -0.15) is 0 Å². The number of methoxy groups -OCH3 is 1. The molecule has 2 rings (SSSR count). The molecule has 0 spiro atoms. The van der Waals surface area contributed by atoms with Crippen LogP contribution in [0.5, 0.6) is 0 Å². The highest BCUT2D eigenvalue weighted by molar-refractivity contribution is 6.08. The molecule has 2 aromatic rings. The number of aromatic nitrogens is 1. The number of H-pyrrole nitrogens is 1. The van der Waals surface area contributed by atoms with Crippen molar-refractivity contribution in [2.75, 3.05) is 7.11 Å². The Kier molecular flexibility index (Phi) is 3.05. The van der Waals surface area contributed by atoms with E-state index in [9.17, 15) is 9.59 Å². The Labute approximate surface area is 98.2 Å². The number of esters is 1. The van der Waals surface area contributed by atoms with Crippen molar-refractivity contribution in [1.29, 1.82) is 0 Å². The van der Waals surface area contributed by atoms with Gasteiger partial charge in [0.15, 0.2) is 0 Å². The molecule has 17 heavy (non-hydrogen) atoms. The molecule has 0 fully saturated rings. The van der Waals surface area contributed by atoms with Gasteiger partial charge in [0.25, 0.3) is 0 Å². The van der Waals surface area contributed by atoms with Crippen molar-refractivity contribution in [3.8, 4) is 0 Å². The van der Waals surface area contributed by atoms with Crippen LogP contribution in [0.4, 0.5) is 0 Å². The number of hydrogen-bond donors (Lipinski definition) is 1. The first kappa shape index (κ1) is 11.1. The van der Waals surface area contributed by atoms with E-state index in [4.69, 9.17) is 0 Å². The molecule has 0 radical (unpaired) electrons. The summed E-state index contributed by atoms with van der Waals surface area (Å²) in [5.74, 6) is -0.641. The lowest BCUT2D eigenvalue weighted by atomic mass is 10.1. The van der Waals surface area contributed by atoms with Crippen molar-refractivity contribution in [2.24, 2.45) is 0 Å². The molecular formula is C13H11NO3. The second-order valence-corrected chi connectivity index (χ2v) is 3.47. The summed E-state index contributed by atoms with van der Waals surface area (Å²) in [6, 6.07) is 12.0. The van der Waals surface area contributed by atoms with Crippen molar-refractivity contribution in [1.82, 2.24) is 4.98 Å². The van der Waals surface area contributed by atoms with Crippen LogP contribution < -0.4 is 0 Å². The van der Waals surface area contributed by atoms with E-state index in [2.05, 4.69) is 9.72 Å². The van der Waals surface area contributed by atoms with Crippen LogP contribution in [0.15, 0.2) is 42.5 Å². The number of nitrogens with one attached hydrogen (secondary N) is 1. The van der Waals surface area contributed by atoms with E-state index >= 15 is 0 Å². The van der Waals surface area contributed by atoms with Gasteiger partial charge in [-0.25, -0.2) is 4.79 Å². The SMILES string of the molecule is COC(=O)c1ccc(C(=O)c2ccccc2)[nH]1. The second kappa shape index (κ2) is 4.65. The number of ketones is 1. The molecule has 1 aromatic heterocycles. The van der Waals surface area contributed by atoms with Crippen LogP contribution in [0.3, 0.4) is 0 Å². The maximum Gasteiger partial charge on any atom is 0.354 e. The fourth-order valence-electron chi connectivity index (χ4n) is 1.50. The molecular weight excluding hydrogens is 218 g/mol. The average molecular weight is 229 g/mol. The van der Waals surface area contributed by atoms with Crippen molar-refractivity contribution in [3.05, 3.63) is 59.4 Å². The molecule has 0 aliphatic rings. The van der Waals surface area contributed by atoms with E-state index < -0.39 is 5.97 Å². The van der Waals surface area contributed by atoms with Gasteiger partial charge < -0.3 is 9.72 Å². The Hall–Kier alpha value is -2.36. The number of hydrogen-bond acceptors (Lipinski definition) is 3. The van der Waals surface area contributed by atoms with Crippen LogP contribution in [0.2, 0.25) is 0 Å². The second-order valence-electron chi connectivity index (χ2n) is 3.47. The van der Waals surface area contributed by atoms with Gasteiger partial charge in [0.2, 0.25) is 5.78 Å². The first-order chi connectivity index (χ1) is 8.22. The average Bonchev–Trinajstić information content (AvgIpc) is 2.87. The van der Waals surface area contributed by atoms with Crippen LogP contribution in [0.25, 0.3) is 0 Å². The predicted octanol–water partition coefficient (Wildman–Crippen LogP) is 2.03. The van der Waals surface area contributed by atoms with Crippen LogP contribution >= 0.6 is 0 Å². The summed E-state index contributed by atoms with van der Waals surface area (Å²) < 4.78 is 4.55. The van der Waals surface area contributed by atoms with E-state index in [0.717, 1.165) is 0 Å². The minimum atomic E-state index is -0.489. The zero-order valence-corrected chi connectivity index (χ0v) is 9.27. The minimum absolute atomic E-state index is 0.152. The summed E-state index contributed by atoms with van der Waals surface area (Å²) >= 11 is 0. The first-order valence-corrected chi connectivity index (χ1v) is 5.09. The molecule has 0 saturated heterocycles. The molecule has 1 N–H and O–H groups in total. The monoisotopic (exact) mass is 229 g/mol. The van der Waals surface area contributed by atoms with Crippen molar-refractivity contribution in [2.45, 2.75) is 0 Å². The highest BCUT2D eigenvalue weighted by Gasteiger charge is 2.13. The lowest BCUT2D eigenvalue weighted by Gasteiger charge is -1.98. The standard InChI is InChI=1S/C13H11NO3/c1-17-13(16)11-8-7-10(14-11)12(15)9-5-3-2-4-6-9/h2-8,14H,1H3. The first-order valence-electron chi connectivity index (χ1n) is 5.09. The number of benzene rings is 1. The summed E-state index contributed by atoms with van der Waals surface area (Å²) in [7, 11) is 1.29. The van der Waals surface area contributed by atoms with E-state index in [0.29, 0.717) is 11.3 Å². The third kappa shape index (κ3) is 2.25. The number of rotatable bonds is 3. The quantitative estimate of drug-likeness (QED) is 0.647. The molecule has 4 nitrogen and oxygen atoms in total. The summed E-state index contributed by atoms with van der Waals surface area (Å²) in [6.45, 7) is 0. The van der Waals surface area contributed by atoms with E-state index in [1.165, 1.54) is 13.2 Å². The normalized spacial score (nSPS) is 9.94. The number of carbonyl (C=O) groups is 2. The maximum absolute atomic E-state index is 12.0. The Morgan fingerprint density at radius 3 is 2.29 bits per heavy atom. The van der Waals surface area contributed by atoms with Crippen LogP contribution in [-0.2, 0) is 4.74 Å². The molecule has 0 amide bonds. The molecule has 0 aliphatic carbocycles. The molecule has 0 atom stereocenters. The number of aromatic amines is 1. The fourth-order valence-corrected chi connectivity index (χ4v) is 1.50. The molecule has 0 unspecified atom stereocenters. The predicted molar refractivity (Wildman–Crippen MR) is 62.0 cm³/mol. The van der Waals surface area contributed by atoms with E-state index in [1.807, 2.05) is 6.07 Å². The lowest BCUT2D eigenvalue weighted by Crippen LogP contribution is -2.05. The van der Waals surface area contributed by atoms with Crippen molar-refractivity contribution >= 4 is 11.8 Å². The third-order valence-corrected chi connectivity index (χ3v) is 2.37. The Balaban J connectivity index is 2.27. The molecule has 4 heteroatoms. The summed E-state index contributed by atoms with van der Waals surface area (Å²) in [5, 5.41) is 0. The third-order valence-electron chi connectivity index (χ3n) is 2.37. The van der Waals surface area contributed by atoms with Gasteiger partial charge in [0.1, 0.15) is 5.69 Å². The summed E-state index contributed by atoms with van der Waals surface area (Å²) in [6.07, 6.45) is 0. The number of carbonyl (C=O) groups excluding carboxylic acids is 2. The molecule has 0 bridgehead atoms. The van der Waals surface area contributed by atoms with Crippen molar-refractivity contribution in [3.63, 3.8) is 0 Å². The summed E-state index contributed by atoms with van der Waals surface area (Å²) in [5.41, 5.74) is 1.22. The Bertz CT molecular complexity index is 543. The zero-order valence-electron chi connectivity index (χ0n) is 9.27. The largest absolute Gasteiger partial charge is 0.464 e. The molecule has 1 heterocycles. The zero-order chi connectivity index (χ0) is 12.3. The van der Waals surface area contributed by atoms with Gasteiger partial charge >= 0.3 is 5.97 Å². The van der Waals surface area contributed by atoms with Gasteiger partial charge in [-0.05, 0) is 12.1 Å². The number of ether oxygens (including phenoxy) is 1. The van der Waals surface area contributed by atoms with Crippen LogP contribution in [-0.4, -0.2) is 23.8 Å². The lowest BCUT2D eigenvalue weighted by molar-refractivity contribution is 0.0595. The Morgan fingerprint density at radius 1 is 1.00 bits per heavy atom. The van der Waals surface area contributed by atoms with Gasteiger partial charge in [0.05, 0.1) is 12.8 Å². The molecule has 86 valence electrons. The highest BCUT2D eigenvalue weighted by Crippen LogP contribution is 2.10. The van der Waals surface area contributed by atoms with E-state index in [-0.39, 0.29) is 11.5 Å². The topological polar surface area (TPSA) is 59.2 Å².